The van der Waals surface area contributed by atoms with Gasteiger partial charge < -0.3 is 9.47 Å². The van der Waals surface area contributed by atoms with E-state index in [0.29, 0.717) is 23.7 Å². The number of hydrogen-bond acceptors (Lipinski definition) is 4. The van der Waals surface area contributed by atoms with E-state index in [1.165, 1.54) is 12.1 Å². The number of nitrogens with zero attached hydrogens (tertiary/aromatic N) is 3. The number of rotatable bonds is 6. The van der Waals surface area contributed by atoms with E-state index in [1.807, 2.05) is 31.3 Å². The zero-order valence-electron chi connectivity index (χ0n) is 13.8. The normalized spacial score (nSPS) is 12.0. The molecule has 0 unspecified atom stereocenters. The van der Waals surface area contributed by atoms with E-state index in [4.69, 9.17) is 9.47 Å². The Morgan fingerprint density at radius 2 is 1.92 bits per heavy atom. The fourth-order valence-corrected chi connectivity index (χ4v) is 2.74. The van der Waals surface area contributed by atoms with Gasteiger partial charge in [-0.05, 0) is 49.4 Å². The van der Waals surface area contributed by atoms with Gasteiger partial charge in [0, 0.05) is 10.0 Å². The van der Waals surface area contributed by atoms with Crippen LogP contribution in [0.5, 0.6) is 11.5 Å². The third-order valence-corrected chi connectivity index (χ3v) is 4.07. The summed E-state index contributed by atoms with van der Waals surface area (Å²) < 4.78 is 26.9. The van der Waals surface area contributed by atoms with E-state index in [1.54, 1.807) is 23.9 Å². The van der Waals surface area contributed by atoms with Gasteiger partial charge in [-0.1, -0.05) is 21.1 Å². The first-order valence-electron chi connectivity index (χ1n) is 7.71. The molecule has 5 nitrogen and oxygen atoms in total. The lowest BCUT2D eigenvalue weighted by atomic mass is 10.2. The van der Waals surface area contributed by atoms with Crippen molar-refractivity contribution in [3.63, 3.8) is 0 Å². The molecule has 3 rings (SSSR count). The Labute approximate surface area is 153 Å². The molecule has 0 bridgehead atoms. The maximum atomic E-state index is 13.0. The number of halogens is 2. The molecule has 3 aromatic rings. The van der Waals surface area contributed by atoms with Crippen molar-refractivity contribution >= 4 is 15.9 Å². The van der Waals surface area contributed by atoms with Crippen LogP contribution in [-0.4, -0.2) is 28.2 Å². The third kappa shape index (κ3) is 4.36. The molecule has 1 aromatic heterocycles. The Morgan fingerprint density at radius 1 is 1.16 bits per heavy atom. The molecule has 1 atom stereocenters. The lowest BCUT2D eigenvalue weighted by Crippen LogP contribution is -2.20. The predicted octanol–water partition coefficient (Wildman–Crippen LogP) is 4.32. The molecule has 0 saturated heterocycles. The zero-order chi connectivity index (χ0) is 17.8. The summed E-state index contributed by atoms with van der Waals surface area (Å²) in [5.74, 6) is 1.05. The summed E-state index contributed by atoms with van der Waals surface area (Å²) in [5.41, 5.74) is 1.50. The first-order valence-corrected chi connectivity index (χ1v) is 8.50. The molecule has 0 N–H and O–H groups in total. The van der Waals surface area contributed by atoms with E-state index >= 15 is 0 Å². The minimum absolute atomic E-state index is 0.141. The lowest BCUT2D eigenvalue weighted by Gasteiger charge is -2.16. The second-order valence-corrected chi connectivity index (χ2v) is 6.47. The highest BCUT2D eigenvalue weighted by Crippen LogP contribution is 2.31. The van der Waals surface area contributed by atoms with E-state index in [2.05, 4.69) is 26.2 Å². The number of methoxy groups -OCH3 is 1. The largest absolute Gasteiger partial charge is 0.493 e. The maximum Gasteiger partial charge on any atom is 0.161 e. The molecule has 0 amide bonds. The number of ether oxygens (including phenoxy) is 2. The van der Waals surface area contributed by atoms with Crippen molar-refractivity contribution in [3.8, 4) is 22.8 Å². The Kier molecular flexibility index (Phi) is 5.33. The van der Waals surface area contributed by atoms with Crippen LogP contribution in [0, 0.1) is 5.82 Å². The van der Waals surface area contributed by atoms with Gasteiger partial charge in [-0.2, -0.15) is 0 Å². The zero-order valence-corrected chi connectivity index (χ0v) is 15.4. The molecule has 0 aliphatic carbocycles. The SMILES string of the molecule is COc1cc(Br)ccc1O[C@H](C)Cn1cc(-c2ccc(F)cc2)nn1. The Hall–Kier alpha value is -2.41. The molecule has 0 fully saturated rings. The Balaban J connectivity index is 1.67. The molecule has 0 aliphatic rings. The number of hydrogen-bond donors (Lipinski definition) is 0. The first kappa shape index (κ1) is 17.4. The molecule has 2 aromatic carbocycles. The summed E-state index contributed by atoms with van der Waals surface area (Å²) >= 11 is 3.41. The van der Waals surface area contributed by atoms with Crippen molar-refractivity contribution in [1.29, 1.82) is 0 Å². The van der Waals surface area contributed by atoms with Crippen molar-refractivity contribution in [1.82, 2.24) is 15.0 Å². The molecule has 1 heterocycles. The first-order chi connectivity index (χ1) is 12.0. The molecule has 0 radical (unpaired) electrons. The summed E-state index contributed by atoms with van der Waals surface area (Å²) in [6.45, 7) is 2.47. The second kappa shape index (κ2) is 7.65. The van der Waals surface area contributed by atoms with E-state index in [-0.39, 0.29) is 11.9 Å². The van der Waals surface area contributed by atoms with Gasteiger partial charge in [0.15, 0.2) is 11.5 Å². The van der Waals surface area contributed by atoms with Crippen LogP contribution in [0.15, 0.2) is 53.1 Å². The molecule has 0 saturated carbocycles. The highest BCUT2D eigenvalue weighted by molar-refractivity contribution is 9.10. The quantitative estimate of drug-likeness (QED) is 0.612. The van der Waals surface area contributed by atoms with Crippen LogP contribution >= 0.6 is 15.9 Å². The Bertz CT molecular complexity index is 852. The van der Waals surface area contributed by atoms with Gasteiger partial charge in [0.1, 0.15) is 17.6 Å². The summed E-state index contributed by atoms with van der Waals surface area (Å²) in [5, 5.41) is 8.23. The van der Waals surface area contributed by atoms with E-state index in [0.717, 1.165) is 10.0 Å². The minimum atomic E-state index is -0.276. The van der Waals surface area contributed by atoms with Gasteiger partial charge in [0.25, 0.3) is 0 Å². The fourth-order valence-electron chi connectivity index (χ4n) is 2.40. The van der Waals surface area contributed by atoms with Crippen LogP contribution in [0.2, 0.25) is 0 Å². The summed E-state index contributed by atoms with van der Waals surface area (Å²) in [6, 6.07) is 11.8. The van der Waals surface area contributed by atoms with Crippen LogP contribution in [0.4, 0.5) is 4.39 Å². The average molecular weight is 406 g/mol. The standard InChI is InChI=1S/C18H17BrFN3O2/c1-12(25-17-8-5-14(19)9-18(17)24-2)10-23-11-16(21-22-23)13-3-6-15(20)7-4-13/h3-9,11-12H,10H2,1-2H3/t12-/m1/s1. The minimum Gasteiger partial charge on any atom is -0.493 e. The van der Waals surface area contributed by atoms with Gasteiger partial charge in [-0.3, -0.25) is 0 Å². The molecule has 0 aliphatic heterocycles. The van der Waals surface area contributed by atoms with Crippen molar-refractivity contribution in [2.45, 2.75) is 19.6 Å². The number of benzene rings is 2. The smallest absolute Gasteiger partial charge is 0.161 e. The Morgan fingerprint density at radius 3 is 2.64 bits per heavy atom. The van der Waals surface area contributed by atoms with Gasteiger partial charge in [0.2, 0.25) is 0 Å². The third-order valence-electron chi connectivity index (χ3n) is 3.58. The maximum absolute atomic E-state index is 13.0. The molecule has 130 valence electrons. The van der Waals surface area contributed by atoms with Crippen LogP contribution < -0.4 is 9.47 Å². The monoisotopic (exact) mass is 405 g/mol. The lowest BCUT2D eigenvalue weighted by molar-refractivity contribution is 0.185. The topological polar surface area (TPSA) is 49.2 Å². The molecule has 25 heavy (non-hydrogen) atoms. The van der Waals surface area contributed by atoms with Gasteiger partial charge in [-0.25, -0.2) is 9.07 Å². The van der Waals surface area contributed by atoms with E-state index < -0.39 is 0 Å². The van der Waals surface area contributed by atoms with Gasteiger partial charge in [-0.15, -0.1) is 5.10 Å². The highest BCUT2D eigenvalue weighted by atomic mass is 79.9. The summed E-state index contributed by atoms with van der Waals surface area (Å²) in [4.78, 5) is 0. The summed E-state index contributed by atoms with van der Waals surface area (Å²) in [6.07, 6.45) is 1.67. The van der Waals surface area contributed by atoms with Crippen LogP contribution in [0.3, 0.4) is 0 Å². The predicted molar refractivity (Wildman–Crippen MR) is 96.2 cm³/mol. The molecular formula is C18H17BrFN3O2. The molecular weight excluding hydrogens is 389 g/mol. The molecule has 7 heteroatoms. The van der Waals surface area contributed by atoms with Crippen molar-refractivity contribution in [3.05, 3.63) is 59.0 Å². The van der Waals surface area contributed by atoms with Crippen molar-refractivity contribution in [2.24, 2.45) is 0 Å². The van der Waals surface area contributed by atoms with Crippen LogP contribution in [0.1, 0.15) is 6.92 Å². The van der Waals surface area contributed by atoms with Crippen LogP contribution in [0.25, 0.3) is 11.3 Å². The second-order valence-electron chi connectivity index (χ2n) is 5.56. The van der Waals surface area contributed by atoms with Gasteiger partial charge in [0.05, 0.1) is 19.9 Å². The highest BCUT2D eigenvalue weighted by Gasteiger charge is 2.12. The number of aromatic nitrogens is 3. The van der Waals surface area contributed by atoms with Crippen LogP contribution in [-0.2, 0) is 6.54 Å². The van der Waals surface area contributed by atoms with Gasteiger partial charge >= 0.3 is 0 Å². The molecule has 0 spiro atoms. The summed E-state index contributed by atoms with van der Waals surface area (Å²) in [7, 11) is 1.60. The fraction of sp³-hybridized carbons (Fsp3) is 0.222. The van der Waals surface area contributed by atoms with E-state index in [9.17, 15) is 4.39 Å². The average Bonchev–Trinajstić information content (AvgIpc) is 3.05. The van der Waals surface area contributed by atoms with Crippen molar-refractivity contribution in [2.75, 3.05) is 7.11 Å². The van der Waals surface area contributed by atoms with Crippen molar-refractivity contribution < 1.29 is 13.9 Å².